The number of aromatic nitrogens is 2. The Labute approximate surface area is 115 Å². The summed E-state index contributed by atoms with van der Waals surface area (Å²) in [5, 5.41) is 0. The van der Waals surface area contributed by atoms with Crippen molar-refractivity contribution >= 4 is 0 Å². The number of fused-ring (bicyclic) bond motifs is 1. The minimum absolute atomic E-state index is 0.584. The zero-order valence-corrected chi connectivity index (χ0v) is 11.0. The van der Waals surface area contributed by atoms with Crippen LogP contribution in [-0.2, 0) is 25.6 Å². The van der Waals surface area contributed by atoms with Gasteiger partial charge in [-0.25, -0.2) is 4.98 Å². The van der Waals surface area contributed by atoms with Gasteiger partial charge in [0.2, 0.25) is 0 Å². The van der Waals surface area contributed by atoms with E-state index < -0.39 is 11.7 Å². The zero-order chi connectivity index (χ0) is 14.2. The number of hydrogen-bond acceptors (Lipinski definition) is 1. The van der Waals surface area contributed by atoms with E-state index in [0.717, 1.165) is 42.7 Å². The Morgan fingerprint density at radius 2 is 1.75 bits per heavy atom. The van der Waals surface area contributed by atoms with E-state index in [4.69, 9.17) is 0 Å². The fraction of sp³-hybridized carbons (Fsp3) is 0.400. The quantitative estimate of drug-likeness (QED) is 0.817. The largest absolute Gasteiger partial charge is 0.416 e. The van der Waals surface area contributed by atoms with Gasteiger partial charge in [0, 0.05) is 12.2 Å². The van der Waals surface area contributed by atoms with Gasteiger partial charge in [0.25, 0.3) is 0 Å². The van der Waals surface area contributed by atoms with E-state index in [1.54, 1.807) is 6.33 Å². The maximum atomic E-state index is 12.5. The Hall–Kier alpha value is -1.78. The van der Waals surface area contributed by atoms with E-state index in [2.05, 4.69) is 9.55 Å². The van der Waals surface area contributed by atoms with Crippen LogP contribution in [0.5, 0.6) is 0 Å². The Morgan fingerprint density at radius 3 is 2.45 bits per heavy atom. The highest BCUT2D eigenvalue weighted by molar-refractivity contribution is 5.26. The van der Waals surface area contributed by atoms with E-state index >= 15 is 0 Å². The summed E-state index contributed by atoms with van der Waals surface area (Å²) in [6, 6.07) is 5.35. The molecule has 5 heteroatoms. The molecule has 1 aromatic heterocycles. The van der Waals surface area contributed by atoms with Crippen LogP contribution < -0.4 is 0 Å². The van der Waals surface area contributed by atoms with Crippen LogP contribution in [0.25, 0.3) is 0 Å². The third kappa shape index (κ3) is 2.57. The first-order valence-corrected chi connectivity index (χ1v) is 6.73. The summed E-state index contributed by atoms with van der Waals surface area (Å²) >= 11 is 0. The fourth-order valence-electron chi connectivity index (χ4n) is 2.66. The Bertz CT molecular complexity index is 597. The molecule has 106 valence electrons. The van der Waals surface area contributed by atoms with Gasteiger partial charge in [-0.15, -0.1) is 0 Å². The van der Waals surface area contributed by atoms with E-state index in [9.17, 15) is 13.2 Å². The molecule has 0 unspecified atom stereocenters. The topological polar surface area (TPSA) is 17.8 Å². The van der Waals surface area contributed by atoms with Gasteiger partial charge in [-0.2, -0.15) is 13.2 Å². The highest BCUT2D eigenvalue weighted by Crippen LogP contribution is 2.29. The van der Waals surface area contributed by atoms with Crippen molar-refractivity contribution in [3.63, 3.8) is 0 Å². The van der Waals surface area contributed by atoms with E-state index in [0.29, 0.717) is 6.54 Å². The molecule has 2 aromatic rings. The SMILES string of the molecule is FC(F)(F)c1ccc(Cn2cnc3c2CCCC3)cc1. The molecule has 3 rings (SSSR count). The van der Waals surface area contributed by atoms with Gasteiger partial charge in [0.15, 0.2) is 0 Å². The second-order valence-corrected chi connectivity index (χ2v) is 5.17. The molecule has 0 atom stereocenters. The van der Waals surface area contributed by atoms with Crippen molar-refractivity contribution in [1.29, 1.82) is 0 Å². The fourth-order valence-corrected chi connectivity index (χ4v) is 2.66. The maximum absolute atomic E-state index is 12.5. The Kier molecular flexibility index (Phi) is 3.28. The van der Waals surface area contributed by atoms with Crippen molar-refractivity contribution in [3.8, 4) is 0 Å². The second-order valence-electron chi connectivity index (χ2n) is 5.17. The highest BCUT2D eigenvalue weighted by Gasteiger charge is 2.29. The molecule has 0 saturated carbocycles. The Morgan fingerprint density at radius 1 is 1.05 bits per heavy atom. The molecule has 2 nitrogen and oxygen atoms in total. The van der Waals surface area contributed by atoms with Gasteiger partial charge >= 0.3 is 6.18 Å². The van der Waals surface area contributed by atoms with Crippen LogP contribution in [-0.4, -0.2) is 9.55 Å². The number of nitrogens with zero attached hydrogens (tertiary/aromatic N) is 2. The average Bonchev–Trinajstić information content (AvgIpc) is 2.82. The molecular formula is C15H15F3N2. The van der Waals surface area contributed by atoms with Gasteiger partial charge in [0.05, 0.1) is 17.6 Å². The predicted octanol–water partition coefficient (Wildman–Crippen LogP) is 3.83. The third-order valence-corrected chi connectivity index (χ3v) is 3.74. The number of alkyl halides is 3. The normalized spacial score (nSPS) is 15.2. The van der Waals surface area contributed by atoms with Crippen molar-refractivity contribution in [2.45, 2.75) is 38.4 Å². The van der Waals surface area contributed by atoms with Gasteiger partial charge in [0.1, 0.15) is 0 Å². The molecule has 20 heavy (non-hydrogen) atoms. The van der Waals surface area contributed by atoms with Crippen LogP contribution in [0.1, 0.15) is 35.4 Å². The van der Waals surface area contributed by atoms with Gasteiger partial charge in [-0.05, 0) is 43.4 Å². The first kappa shape index (κ1) is 13.2. The van der Waals surface area contributed by atoms with Crippen molar-refractivity contribution in [2.75, 3.05) is 0 Å². The summed E-state index contributed by atoms with van der Waals surface area (Å²) < 4.78 is 39.6. The summed E-state index contributed by atoms with van der Waals surface area (Å²) in [5.41, 5.74) is 2.64. The average molecular weight is 280 g/mol. The minimum atomic E-state index is -4.27. The lowest BCUT2D eigenvalue weighted by molar-refractivity contribution is -0.137. The lowest BCUT2D eigenvalue weighted by Gasteiger charge is -2.14. The molecule has 0 fully saturated rings. The van der Waals surface area contributed by atoms with Crippen molar-refractivity contribution in [2.24, 2.45) is 0 Å². The van der Waals surface area contributed by atoms with Crippen molar-refractivity contribution in [3.05, 3.63) is 53.1 Å². The first-order valence-electron chi connectivity index (χ1n) is 6.73. The molecular weight excluding hydrogens is 265 g/mol. The summed E-state index contributed by atoms with van der Waals surface area (Å²) in [6.45, 7) is 0.584. The van der Waals surface area contributed by atoms with Crippen LogP contribution in [0.2, 0.25) is 0 Å². The molecule has 1 aliphatic carbocycles. The van der Waals surface area contributed by atoms with E-state index in [1.165, 1.54) is 24.2 Å². The number of benzene rings is 1. The third-order valence-electron chi connectivity index (χ3n) is 3.74. The highest BCUT2D eigenvalue weighted by atomic mass is 19.4. The number of imidazole rings is 1. The summed E-state index contributed by atoms with van der Waals surface area (Å²) in [7, 11) is 0. The predicted molar refractivity (Wildman–Crippen MR) is 69.4 cm³/mol. The molecule has 0 radical (unpaired) electrons. The monoisotopic (exact) mass is 280 g/mol. The first-order chi connectivity index (χ1) is 9.54. The number of rotatable bonds is 2. The number of aryl methyl sites for hydroxylation is 1. The number of hydrogen-bond donors (Lipinski definition) is 0. The van der Waals surface area contributed by atoms with Gasteiger partial charge < -0.3 is 4.57 Å². The van der Waals surface area contributed by atoms with Crippen LogP contribution in [0, 0.1) is 0 Å². The molecule has 0 aliphatic heterocycles. The molecule has 1 aromatic carbocycles. The number of halogens is 3. The van der Waals surface area contributed by atoms with Crippen molar-refractivity contribution < 1.29 is 13.2 Å². The van der Waals surface area contributed by atoms with E-state index in [1.807, 2.05) is 0 Å². The molecule has 0 saturated heterocycles. The zero-order valence-electron chi connectivity index (χ0n) is 11.0. The van der Waals surface area contributed by atoms with Crippen LogP contribution >= 0.6 is 0 Å². The molecule has 1 heterocycles. The van der Waals surface area contributed by atoms with Crippen LogP contribution in [0.3, 0.4) is 0 Å². The van der Waals surface area contributed by atoms with Crippen LogP contribution in [0.4, 0.5) is 13.2 Å². The second kappa shape index (κ2) is 4.96. The van der Waals surface area contributed by atoms with Crippen LogP contribution in [0.15, 0.2) is 30.6 Å². The molecule has 0 bridgehead atoms. The standard InChI is InChI=1S/C15H15F3N2/c16-15(17,18)12-7-5-11(6-8-12)9-20-10-19-13-3-1-2-4-14(13)20/h5-8,10H,1-4,9H2. The Balaban J connectivity index is 1.80. The molecule has 0 N–H and O–H groups in total. The van der Waals surface area contributed by atoms with E-state index in [-0.39, 0.29) is 0 Å². The summed E-state index contributed by atoms with van der Waals surface area (Å²) in [6.07, 6.45) is 1.88. The molecule has 1 aliphatic rings. The lowest BCUT2D eigenvalue weighted by Crippen LogP contribution is -2.09. The minimum Gasteiger partial charge on any atom is -0.330 e. The summed E-state index contributed by atoms with van der Waals surface area (Å²) in [4.78, 5) is 4.39. The molecule has 0 spiro atoms. The lowest BCUT2D eigenvalue weighted by atomic mass is 10.0. The van der Waals surface area contributed by atoms with Gasteiger partial charge in [-0.1, -0.05) is 12.1 Å². The summed E-state index contributed by atoms with van der Waals surface area (Å²) in [5.74, 6) is 0. The molecule has 0 amide bonds. The maximum Gasteiger partial charge on any atom is 0.416 e. The van der Waals surface area contributed by atoms with Gasteiger partial charge in [-0.3, -0.25) is 0 Å². The smallest absolute Gasteiger partial charge is 0.330 e. The van der Waals surface area contributed by atoms with Crippen molar-refractivity contribution in [1.82, 2.24) is 9.55 Å².